The standard InChI is InChI=1S/C10H17NO7S2/c1-3-5-11(9(2)7-12)20(15,16)17-8-10-4-6-19(13,14)18-10/h10H,3-6,8H2,1-2H3. The largest absolute Gasteiger partial charge is 0.362 e. The molecule has 1 heterocycles. The summed E-state index contributed by atoms with van der Waals surface area (Å²) in [5.74, 6) is 1.34. The average Bonchev–Trinajstić information content (AvgIpc) is 2.72. The number of hydrogen-bond acceptors (Lipinski definition) is 7. The maximum atomic E-state index is 11.9. The highest BCUT2D eigenvalue weighted by Crippen LogP contribution is 2.18. The molecule has 1 saturated heterocycles. The molecule has 0 radical (unpaired) electrons. The minimum atomic E-state index is -4.16. The molecule has 1 rings (SSSR count). The van der Waals surface area contributed by atoms with Gasteiger partial charge in [-0.3, -0.25) is 8.37 Å². The molecule has 1 unspecified atom stereocenters. The molecule has 0 aromatic rings. The van der Waals surface area contributed by atoms with Crippen molar-refractivity contribution in [2.24, 2.45) is 0 Å². The predicted octanol–water partition coefficient (Wildman–Crippen LogP) is -0.186. The molecule has 0 amide bonds. The molecule has 1 fully saturated rings. The van der Waals surface area contributed by atoms with Crippen LogP contribution in [-0.2, 0) is 33.6 Å². The van der Waals surface area contributed by atoms with Crippen LogP contribution >= 0.6 is 0 Å². The molecule has 0 aliphatic carbocycles. The van der Waals surface area contributed by atoms with Crippen LogP contribution in [0.25, 0.3) is 0 Å². The van der Waals surface area contributed by atoms with Gasteiger partial charge in [-0.05, 0) is 19.8 Å². The fourth-order valence-electron chi connectivity index (χ4n) is 1.62. The van der Waals surface area contributed by atoms with Gasteiger partial charge in [0.25, 0.3) is 10.1 Å². The van der Waals surface area contributed by atoms with E-state index < -0.39 is 33.1 Å². The van der Waals surface area contributed by atoms with E-state index in [4.69, 9.17) is 4.18 Å². The van der Waals surface area contributed by atoms with Crippen LogP contribution < -0.4 is 0 Å². The summed E-state index contributed by atoms with van der Waals surface area (Å²) in [7, 11) is -7.73. The van der Waals surface area contributed by atoms with Crippen LogP contribution in [0.4, 0.5) is 0 Å². The summed E-state index contributed by atoms with van der Waals surface area (Å²) in [6.45, 7) is 2.72. The minimum absolute atomic E-state index is 0.0766. The molecule has 116 valence electrons. The molecular formula is C10H17NO7S2. The Morgan fingerprint density at radius 1 is 1.50 bits per heavy atom. The van der Waals surface area contributed by atoms with Crippen LogP contribution in [0.2, 0.25) is 0 Å². The van der Waals surface area contributed by atoms with Gasteiger partial charge in [0.05, 0.1) is 12.4 Å². The van der Waals surface area contributed by atoms with E-state index in [0.29, 0.717) is 6.42 Å². The van der Waals surface area contributed by atoms with Gasteiger partial charge in [-0.1, -0.05) is 6.92 Å². The van der Waals surface area contributed by atoms with Crippen molar-refractivity contribution in [3.05, 3.63) is 5.70 Å². The first kappa shape index (κ1) is 17.1. The van der Waals surface area contributed by atoms with Crippen LogP contribution in [0.3, 0.4) is 0 Å². The zero-order valence-electron chi connectivity index (χ0n) is 11.2. The van der Waals surface area contributed by atoms with Gasteiger partial charge in [0, 0.05) is 6.54 Å². The molecule has 10 heteroatoms. The second-order valence-corrected chi connectivity index (χ2v) is 7.52. The minimum Gasteiger partial charge on any atom is -0.264 e. The molecule has 1 atom stereocenters. The molecule has 20 heavy (non-hydrogen) atoms. The van der Waals surface area contributed by atoms with Crippen molar-refractivity contribution < 1.29 is 30.0 Å². The van der Waals surface area contributed by atoms with Crippen LogP contribution in [-0.4, -0.2) is 52.1 Å². The zero-order chi connectivity index (χ0) is 15.4. The topological polar surface area (TPSA) is 107 Å². The van der Waals surface area contributed by atoms with Gasteiger partial charge in [-0.2, -0.15) is 16.8 Å². The highest BCUT2D eigenvalue weighted by molar-refractivity contribution is 7.87. The maximum Gasteiger partial charge on any atom is 0.362 e. The van der Waals surface area contributed by atoms with Crippen molar-refractivity contribution >= 4 is 26.4 Å². The van der Waals surface area contributed by atoms with E-state index in [2.05, 4.69) is 4.18 Å². The lowest BCUT2D eigenvalue weighted by Gasteiger charge is -2.22. The smallest absolute Gasteiger partial charge is 0.264 e. The third kappa shape index (κ3) is 4.57. The summed E-state index contributed by atoms with van der Waals surface area (Å²) in [5, 5.41) is 0. The average molecular weight is 327 g/mol. The highest BCUT2D eigenvalue weighted by atomic mass is 32.2. The summed E-state index contributed by atoms with van der Waals surface area (Å²) in [6, 6.07) is 0. The highest BCUT2D eigenvalue weighted by Gasteiger charge is 2.32. The number of carbonyl (C=O) groups excluding carboxylic acids is 1. The lowest BCUT2D eigenvalue weighted by atomic mass is 10.3. The van der Waals surface area contributed by atoms with Gasteiger partial charge in [0.15, 0.2) is 0 Å². The van der Waals surface area contributed by atoms with Crippen molar-refractivity contribution in [3.8, 4) is 0 Å². The lowest BCUT2D eigenvalue weighted by molar-refractivity contribution is 0.147. The Hall–Kier alpha value is -0.930. The molecule has 0 N–H and O–H groups in total. The molecule has 0 aromatic carbocycles. The zero-order valence-corrected chi connectivity index (χ0v) is 12.9. The second kappa shape index (κ2) is 6.68. The van der Waals surface area contributed by atoms with Crippen LogP contribution in [0.1, 0.15) is 26.7 Å². The van der Waals surface area contributed by atoms with E-state index in [9.17, 15) is 21.6 Å². The predicted molar refractivity (Wildman–Crippen MR) is 70.0 cm³/mol. The Kier molecular flexibility index (Phi) is 5.72. The van der Waals surface area contributed by atoms with Gasteiger partial charge < -0.3 is 0 Å². The third-order valence-corrected chi connectivity index (χ3v) is 5.33. The molecule has 0 aromatic heterocycles. The van der Waals surface area contributed by atoms with E-state index in [1.54, 1.807) is 6.92 Å². The Morgan fingerprint density at radius 3 is 2.60 bits per heavy atom. The summed E-state index contributed by atoms with van der Waals surface area (Å²) in [4.78, 5) is 10.6. The SMILES string of the molecule is CCCN(C(C)=C=O)S(=O)(=O)OCC1CCS(=O)(=O)O1. The van der Waals surface area contributed by atoms with Gasteiger partial charge in [0.2, 0.25) is 0 Å². The van der Waals surface area contributed by atoms with Crippen molar-refractivity contribution in [3.63, 3.8) is 0 Å². The molecule has 8 nitrogen and oxygen atoms in total. The fourth-order valence-corrected chi connectivity index (χ4v) is 4.06. The van der Waals surface area contributed by atoms with Crippen LogP contribution in [0.15, 0.2) is 5.70 Å². The monoisotopic (exact) mass is 327 g/mol. The van der Waals surface area contributed by atoms with Crippen LogP contribution in [0.5, 0.6) is 0 Å². The Morgan fingerprint density at radius 2 is 2.15 bits per heavy atom. The Labute approximate surface area is 118 Å². The van der Waals surface area contributed by atoms with Crippen molar-refractivity contribution in [2.75, 3.05) is 18.9 Å². The van der Waals surface area contributed by atoms with Gasteiger partial charge in [-0.15, -0.1) is 0 Å². The van der Waals surface area contributed by atoms with Crippen molar-refractivity contribution in [1.82, 2.24) is 4.31 Å². The lowest BCUT2D eigenvalue weighted by Crippen LogP contribution is -2.34. The van der Waals surface area contributed by atoms with Crippen LogP contribution in [0, 0.1) is 0 Å². The Bertz CT molecular complexity index is 589. The first-order chi connectivity index (χ1) is 9.22. The molecular weight excluding hydrogens is 310 g/mol. The molecule has 0 bridgehead atoms. The quantitative estimate of drug-likeness (QED) is 0.471. The summed E-state index contributed by atoms with van der Waals surface area (Å²) in [5.41, 5.74) is -0.119. The number of allylic oxidation sites excluding steroid dienone is 1. The molecule has 0 saturated carbocycles. The van der Waals surface area contributed by atoms with Gasteiger partial charge in [-0.25, -0.2) is 9.10 Å². The first-order valence-corrected chi connectivity index (χ1v) is 8.96. The molecule has 1 aliphatic rings. The van der Waals surface area contributed by atoms with E-state index in [1.807, 2.05) is 0 Å². The second-order valence-electron chi connectivity index (χ2n) is 4.27. The number of hydrogen-bond donors (Lipinski definition) is 0. The third-order valence-electron chi connectivity index (χ3n) is 2.59. The van der Waals surface area contributed by atoms with E-state index in [0.717, 1.165) is 4.31 Å². The van der Waals surface area contributed by atoms with E-state index in [1.165, 1.54) is 12.9 Å². The van der Waals surface area contributed by atoms with Gasteiger partial charge >= 0.3 is 10.3 Å². The Balaban J connectivity index is 2.71. The van der Waals surface area contributed by atoms with E-state index in [-0.39, 0.29) is 24.4 Å². The van der Waals surface area contributed by atoms with E-state index >= 15 is 0 Å². The summed E-state index contributed by atoms with van der Waals surface area (Å²) >= 11 is 0. The molecule has 1 aliphatic heterocycles. The first-order valence-electron chi connectivity index (χ1n) is 6.01. The molecule has 0 spiro atoms. The van der Waals surface area contributed by atoms with Gasteiger partial charge in [0.1, 0.15) is 17.7 Å². The van der Waals surface area contributed by atoms with Crippen molar-refractivity contribution in [2.45, 2.75) is 32.8 Å². The summed E-state index contributed by atoms with van der Waals surface area (Å²) in [6.07, 6.45) is -0.164. The number of rotatable bonds is 7. The fraction of sp³-hybridized carbons (Fsp3) is 0.800. The number of nitrogens with zero attached hydrogens (tertiary/aromatic N) is 1. The summed E-state index contributed by atoms with van der Waals surface area (Å²) < 4.78 is 56.2. The van der Waals surface area contributed by atoms with Crippen molar-refractivity contribution in [1.29, 1.82) is 0 Å². The maximum absolute atomic E-state index is 11.9. The normalized spacial score (nSPS) is 21.4.